The predicted molar refractivity (Wildman–Crippen MR) is 86.0 cm³/mol. The summed E-state index contributed by atoms with van der Waals surface area (Å²) in [4.78, 5) is 0. The molecule has 1 aromatic carbocycles. The van der Waals surface area contributed by atoms with E-state index in [2.05, 4.69) is 39.8 Å². The molecular weight excluding hydrogens is 260 g/mol. The molecule has 2 heteroatoms. The van der Waals surface area contributed by atoms with Crippen molar-refractivity contribution in [1.82, 2.24) is 0 Å². The lowest BCUT2D eigenvalue weighted by molar-refractivity contribution is 0.0107. The maximum absolute atomic E-state index is 10.5. The molecule has 0 unspecified atom stereocenters. The highest BCUT2D eigenvalue weighted by atomic mass is 16.5. The van der Waals surface area contributed by atoms with E-state index >= 15 is 0 Å². The summed E-state index contributed by atoms with van der Waals surface area (Å²) in [6, 6.07) is 4.06. The van der Waals surface area contributed by atoms with Crippen LogP contribution in [0.3, 0.4) is 0 Å². The fourth-order valence-corrected chi connectivity index (χ4v) is 4.01. The molecule has 1 aliphatic heterocycles. The lowest BCUT2D eigenvalue weighted by atomic mass is 9.68. The molecule has 114 valence electrons. The molecule has 0 saturated heterocycles. The molecule has 1 aliphatic carbocycles. The van der Waals surface area contributed by atoms with Gasteiger partial charge in [0.25, 0.3) is 0 Å². The number of phenolic OH excluding ortho intramolecular Hbond substituents is 1. The molecule has 3 rings (SSSR count). The number of aryl methyl sites for hydroxylation is 1. The minimum atomic E-state index is -0.174. The van der Waals surface area contributed by atoms with Crippen molar-refractivity contribution in [1.29, 1.82) is 0 Å². The molecule has 0 spiro atoms. The quantitative estimate of drug-likeness (QED) is 0.779. The van der Waals surface area contributed by atoms with Crippen LogP contribution < -0.4 is 4.74 Å². The van der Waals surface area contributed by atoms with Crippen molar-refractivity contribution >= 4 is 0 Å². The maximum atomic E-state index is 10.5. The van der Waals surface area contributed by atoms with Gasteiger partial charge in [-0.25, -0.2) is 0 Å². The first-order valence-electron chi connectivity index (χ1n) is 8.14. The number of benzene rings is 1. The van der Waals surface area contributed by atoms with Crippen molar-refractivity contribution in [2.75, 3.05) is 0 Å². The molecule has 0 amide bonds. The highest BCUT2D eigenvalue weighted by molar-refractivity contribution is 5.53. The van der Waals surface area contributed by atoms with Gasteiger partial charge in [0, 0.05) is 17.4 Å². The van der Waals surface area contributed by atoms with Crippen LogP contribution in [-0.4, -0.2) is 10.7 Å². The number of fused-ring (bicyclic) bond motifs is 3. The zero-order valence-corrected chi connectivity index (χ0v) is 13.6. The molecule has 2 nitrogen and oxygen atoms in total. The standard InChI is InChI=1S/C19H26O2/c1-5-6-13-10-16(20)18-14-9-12(2)7-8-15(14)19(3,4)21-17(18)11-13/h9-11,14-15,20H,5-8H2,1-4H3/t14-,15-/m0/s1. The fraction of sp³-hybridized carbons (Fsp3) is 0.579. The Morgan fingerprint density at radius 2 is 2.10 bits per heavy atom. The van der Waals surface area contributed by atoms with Crippen LogP contribution in [-0.2, 0) is 6.42 Å². The van der Waals surface area contributed by atoms with Gasteiger partial charge >= 0.3 is 0 Å². The van der Waals surface area contributed by atoms with E-state index in [-0.39, 0.29) is 11.5 Å². The average Bonchev–Trinajstić information content (AvgIpc) is 2.37. The van der Waals surface area contributed by atoms with E-state index in [0.29, 0.717) is 11.7 Å². The van der Waals surface area contributed by atoms with Gasteiger partial charge in [-0.1, -0.05) is 25.0 Å². The van der Waals surface area contributed by atoms with Gasteiger partial charge in [0.15, 0.2) is 0 Å². The zero-order valence-electron chi connectivity index (χ0n) is 13.6. The summed E-state index contributed by atoms with van der Waals surface area (Å²) in [6.07, 6.45) is 6.67. The molecule has 1 aromatic rings. The summed E-state index contributed by atoms with van der Waals surface area (Å²) < 4.78 is 6.30. The van der Waals surface area contributed by atoms with Crippen LogP contribution in [0.2, 0.25) is 0 Å². The van der Waals surface area contributed by atoms with Crippen LogP contribution in [0.1, 0.15) is 64.0 Å². The van der Waals surface area contributed by atoms with Gasteiger partial charge < -0.3 is 9.84 Å². The van der Waals surface area contributed by atoms with E-state index in [1.54, 1.807) is 0 Å². The number of hydrogen-bond acceptors (Lipinski definition) is 2. The van der Waals surface area contributed by atoms with E-state index < -0.39 is 0 Å². The summed E-state index contributed by atoms with van der Waals surface area (Å²) >= 11 is 0. The van der Waals surface area contributed by atoms with Crippen molar-refractivity contribution in [2.45, 2.75) is 64.9 Å². The van der Waals surface area contributed by atoms with Crippen molar-refractivity contribution < 1.29 is 9.84 Å². The molecular formula is C19H26O2. The third kappa shape index (κ3) is 2.45. The van der Waals surface area contributed by atoms with Crippen molar-refractivity contribution in [3.8, 4) is 11.5 Å². The second-order valence-electron chi connectivity index (χ2n) is 7.17. The third-order valence-electron chi connectivity index (χ3n) is 5.07. The van der Waals surface area contributed by atoms with Crippen LogP contribution in [0.4, 0.5) is 0 Å². The molecule has 0 saturated carbocycles. The van der Waals surface area contributed by atoms with Crippen LogP contribution >= 0.6 is 0 Å². The molecule has 2 aliphatic rings. The normalized spacial score (nSPS) is 26.4. The van der Waals surface area contributed by atoms with E-state index in [9.17, 15) is 5.11 Å². The molecule has 2 atom stereocenters. The van der Waals surface area contributed by atoms with E-state index in [1.165, 1.54) is 11.1 Å². The number of allylic oxidation sites excluding steroid dienone is 2. The van der Waals surface area contributed by atoms with Crippen molar-refractivity contribution in [2.24, 2.45) is 5.92 Å². The summed E-state index contributed by atoms with van der Waals surface area (Å²) in [7, 11) is 0. The Morgan fingerprint density at radius 1 is 1.33 bits per heavy atom. The van der Waals surface area contributed by atoms with E-state index in [4.69, 9.17) is 4.74 Å². The number of rotatable bonds is 2. The molecule has 0 fully saturated rings. The highest BCUT2D eigenvalue weighted by Crippen LogP contribution is 2.53. The smallest absolute Gasteiger partial charge is 0.127 e. The molecule has 1 N–H and O–H groups in total. The number of ether oxygens (including phenoxy) is 1. The molecule has 0 aromatic heterocycles. The predicted octanol–water partition coefficient (Wildman–Crippen LogP) is 4.96. The lowest BCUT2D eigenvalue weighted by Gasteiger charge is -2.46. The number of phenols is 1. The van der Waals surface area contributed by atoms with E-state index in [1.807, 2.05) is 6.07 Å². The zero-order chi connectivity index (χ0) is 15.2. The first kappa shape index (κ1) is 14.5. The SMILES string of the molecule is CCCc1cc(O)c2c(c1)OC(C)(C)[C@H]1CCC(C)=C[C@H]21. The second-order valence-corrected chi connectivity index (χ2v) is 7.17. The lowest BCUT2D eigenvalue weighted by Crippen LogP contribution is -2.45. The van der Waals surface area contributed by atoms with Crippen LogP contribution in [0.5, 0.6) is 11.5 Å². The summed E-state index contributed by atoms with van der Waals surface area (Å²) in [5.74, 6) is 2.02. The van der Waals surface area contributed by atoms with Gasteiger partial charge in [-0.05, 0) is 57.7 Å². The topological polar surface area (TPSA) is 29.5 Å². The fourth-order valence-electron chi connectivity index (χ4n) is 4.01. The number of hydrogen-bond donors (Lipinski definition) is 1. The summed E-state index contributed by atoms with van der Waals surface area (Å²) in [5.41, 5.74) is 3.42. The van der Waals surface area contributed by atoms with Crippen LogP contribution in [0.25, 0.3) is 0 Å². The second kappa shape index (κ2) is 5.08. The Labute approximate surface area is 127 Å². The third-order valence-corrected chi connectivity index (χ3v) is 5.07. The summed E-state index contributed by atoms with van der Waals surface area (Å²) in [6.45, 7) is 8.72. The highest BCUT2D eigenvalue weighted by Gasteiger charge is 2.45. The average molecular weight is 286 g/mol. The minimum Gasteiger partial charge on any atom is -0.507 e. The summed E-state index contributed by atoms with van der Waals surface area (Å²) in [5, 5.41) is 10.5. The van der Waals surface area contributed by atoms with Crippen molar-refractivity contribution in [3.05, 3.63) is 34.9 Å². The molecule has 21 heavy (non-hydrogen) atoms. The number of aromatic hydroxyl groups is 1. The minimum absolute atomic E-state index is 0.174. The Morgan fingerprint density at radius 3 is 2.81 bits per heavy atom. The van der Waals surface area contributed by atoms with Gasteiger partial charge in [-0.2, -0.15) is 0 Å². The van der Waals surface area contributed by atoms with E-state index in [0.717, 1.165) is 37.0 Å². The van der Waals surface area contributed by atoms with Gasteiger partial charge in [0.05, 0.1) is 0 Å². The van der Waals surface area contributed by atoms with Crippen LogP contribution in [0, 0.1) is 5.92 Å². The van der Waals surface area contributed by atoms with Gasteiger partial charge in [-0.3, -0.25) is 0 Å². The maximum Gasteiger partial charge on any atom is 0.127 e. The molecule has 1 heterocycles. The first-order valence-corrected chi connectivity index (χ1v) is 8.14. The van der Waals surface area contributed by atoms with Gasteiger partial charge in [0.2, 0.25) is 0 Å². The Kier molecular flexibility index (Phi) is 3.51. The largest absolute Gasteiger partial charge is 0.507 e. The van der Waals surface area contributed by atoms with Gasteiger partial charge in [0.1, 0.15) is 17.1 Å². The molecule has 0 bridgehead atoms. The Hall–Kier alpha value is -1.44. The first-order chi connectivity index (χ1) is 9.92. The van der Waals surface area contributed by atoms with Crippen molar-refractivity contribution in [3.63, 3.8) is 0 Å². The molecule has 0 radical (unpaired) electrons. The Bertz CT molecular complexity index is 583. The Balaban J connectivity index is 2.13. The van der Waals surface area contributed by atoms with Gasteiger partial charge in [-0.15, -0.1) is 0 Å². The van der Waals surface area contributed by atoms with Crippen LogP contribution in [0.15, 0.2) is 23.8 Å². The monoisotopic (exact) mass is 286 g/mol.